The maximum absolute atomic E-state index is 9.98. The van der Waals surface area contributed by atoms with E-state index >= 15 is 0 Å². The van der Waals surface area contributed by atoms with Gasteiger partial charge in [0.1, 0.15) is 0 Å². The fourth-order valence-electron chi connectivity index (χ4n) is 1.95. The Kier molecular flexibility index (Phi) is 14.0. The number of hydrogen-bond donors (Lipinski definition) is 1. The van der Waals surface area contributed by atoms with Crippen molar-refractivity contribution in [3.63, 3.8) is 0 Å². The molecular formula is C14H29NO. The quantitative estimate of drug-likeness (QED) is 0.373. The largest absolute Gasteiger partial charge is 0.359 e. The summed E-state index contributed by atoms with van der Waals surface area (Å²) in [6.45, 7) is 3.11. The summed E-state index contributed by atoms with van der Waals surface area (Å²) in [4.78, 5) is 9.98. The Balaban J connectivity index is 2.85. The van der Waals surface area contributed by atoms with Gasteiger partial charge in [0.25, 0.3) is 0 Å². The van der Waals surface area contributed by atoms with Gasteiger partial charge in [-0.15, -0.1) is 0 Å². The van der Waals surface area contributed by atoms with Crippen LogP contribution in [0.15, 0.2) is 0 Å². The van der Waals surface area contributed by atoms with E-state index in [2.05, 4.69) is 12.2 Å². The van der Waals surface area contributed by atoms with Crippen molar-refractivity contribution < 1.29 is 4.79 Å². The molecule has 0 aromatic carbocycles. The van der Waals surface area contributed by atoms with Gasteiger partial charge in [-0.2, -0.15) is 0 Å². The normalized spacial score (nSPS) is 10.3. The predicted octanol–water partition coefficient (Wildman–Crippen LogP) is 4.04. The Labute approximate surface area is 101 Å². The highest BCUT2D eigenvalue weighted by molar-refractivity contribution is 5.45. The third-order valence-corrected chi connectivity index (χ3v) is 3.01. The van der Waals surface area contributed by atoms with E-state index in [1.807, 2.05) is 0 Å². The van der Waals surface area contributed by atoms with Crippen molar-refractivity contribution in [2.75, 3.05) is 6.54 Å². The molecule has 0 spiro atoms. The lowest BCUT2D eigenvalue weighted by atomic mass is 10.1. The summed E-state index contributed by atoms with van der Waals surface area (Å²) in [7, 11) is 0. The van der Waals surface area contributed by atoms with E-state index in [9.17, 15) is 4.79 Å². The summed E-state index contributed by atoms with van der Waals surface area (Å²) >= 11 is 0. The number of carbonyl (C=O) groups is 1. The van der Waals surface area contributed by atoms with Crippen LogP contribution in [-0.2, 0) is 4.79 Å². The van der Waals surface area contributed by atoms with E-state index in [1.165, 1.54) is 64.2 Å². The Hall–Kier alpha value is -0.530. The van der Waals surface area contributed by atoms with Gasteiger partial charge < -0.3 is 5.32 Å². The maximum Gasteiger partial charge on any atom is 0.207 e. The first-order valence-corrected chi connectivity index (χ1v) is 7.09. The van der Waals surface area contributed by atoms with E-state index in [4.69, 9.17) is 0 Å². The smallest absolute Gasteiger partial charge is 0.207 e. The summed E-state index contributed by atoms with van der Waals surface area (Å²) in [6.07, 6.45) is 15.7. The van der Waals surface area contributed by atoms with Gasteiger partial charge in [0, 0.05) is 6.54 Å². The summed E-state index contributed by atoms with van der Waals surface area (Å²) in [5, 5.41) is 2.70. The van der Waals surface area contributed by atoms with Crippen molar-refractivity contribution in [1.29, 1.82) is 0 Å². The third kappa shape index (κ3) is 13.5. The van der Waals surface area contributed by atoms with Crippen LogP contribution in [0.5, 0.6) is 0 Å². The maximum atomic E-state index is 9.98. The van der Waals surface area contributed by atoms with Crippen molar-refractivity contribution in [2.45, 2.75) is 77.6 Å². The minimum atomic E-state index is 0.788. The highest BCUT2D eigenvalue weighted by Gasteiger charge is 1.92. The molecule has 0 aliphatic heterocycles. The van der Waals surface area contributed by atoms with E-state index in [1.54, 1.807) is 0 Å². The minimum Gasteiger partial charge on any atom is -0.359 e. The molecule has 0 bridgehead atoms. The first kappa shape index (κ1) is 15.5. The van der Waals surface area contributed by atoms with Crippen molar-refractivity contribution >= 4 is 6.41 Å². The van der Waals surface area contributed by atoms with Crippen molar-refractivity contribution in [1.82, 2.24) is 5.32 Å². The van der Waals surface area contributed by atoms with Crippen LogP contribution >= 0.6 is 0 Å². The zero-order chi connectivity index (χ0) is 11.9. The molecule has 0 atom stereocenters. The van der Waals surface area contributed by atoms with Gasteiger partial charge in [-0.05, 0) is 6.42 Å². The summed E-state index contributed by atoms with van der Waals surface area (Å²) in [5.74, 6) is 0. The van der Waals surface area contributed by atoms with Gasteiger partial charge in [-0.25, -0.2) is 0 Å². The number of rotatable bonds is 13. The Bertz CT molecular complexity index is 137. The van der Waals surface area contributed by atoms with Gasteiger partial charge in [0.2, 0.25) is 6.41 Å². The molecule has 0 aliphatic carbocycles. The second kappa shape index (κ2) is 14.5. The fourth-order valence-corrected chi connectivity index (χ4v) is 1.95. The van der Waals surface area contributed by atoms with Crippen molar-refractivity contribution in [2.24, 2.45) is 0 Å². The van der Waals surface area contributed by atoms with Gasteiger partial charge in [0.15, 0.2) is 0 Å². The highest BCUT2D eigenvalue weighted by Crippen LogP contribution is 2.10. The summed E-state index contributed by atoms with van der Waals surface area (Å²) in [6, 6.07) is 0. The highest BCUT2D eigenvalue weighted by atomic mass is 16.1. The molecule has 0 unspecified atom stereocenters. The fraction of sp³-hybridized carbons (Fsp3) is 0.929. The summed E-state index contributed by atoms with van der Waals surface area (Å²) in [5.41, 5.74) is 0. The van der Waals surface area contributed by atoms with Crippen LogP contribution in [0.1, 0.15) is 77.6 Å². The second-order valence-electron chi connectivity index (χ2n) is 4.61. The molecule has 0 rings (SSSR count). The van der Waals surface area contributed by atoms with Crippen LogP contribution in [0.3, 0.4) is 0 Å². The van der Waals surface area contributed by atoms with Crippen LogP contribution < -0.4 is 5.32 Å². The van der Waals surface area contributed by atoms with Crippen molar-refractivity contribution in [3.8, 4) is 0 Å². The minimum absolute atomic E-state index is 0.788. The predicted molar refractivity (Wildman–Crippen MR) is 70.5 cm³/mol. The average Bonchev–Trinajstić information content (AvgIpc) is 2.31. The molecule has 0 fully saturated rings. The van der Waals surface area contributed by atoms with Gasteiger partial charge in [0.05, 0.1) is 0 Å². The lowest BCUT2D eigenvalue weighted by molar-refractivity contribution is -0.109. The molecule has 1 amide bonds. The molecule has 1 N–H and O–H groups in total. The molecule has 0 saturated carbocycles. The van der Waals surface area contributed by atoms with E-state index in [-0.39, 0.29) is 0 Å². The number of unbranched alkanes of at least 4 members (excludes halogenated alkanes) is 10. The van der Waals surface area contributed by atoms with Gasteiger partial charge in [-0.1, -0.05) is 71.1 Å². The van der Waals surface area contributed by atoms with Gasteiger partial charge in [-0.3, -0.25) is 4.79 Å². The molecule has 96 valence electrons. The first-order chi connectivity index (χ1) is 7.91. The number of amides is 1. The van der Waals surface area contributed by atoms with Crippen LogP contribution in [-0.4, -0.2) is 13.0 Å². The molecule has 0 aromatic rings. The van der Waals surface area contributed by atoms with E-state index in [0.717, 1.165) is 19.4 Å². The SMILES string of the molecule is CCCCCCCCCCCCCNC=O. The number of nitrogens with one attached hydrogen (secondary N) is 1. The molecule has 16 heavy (non-hydrogen) atoms. The zero-order valence-electron chi connectivity index (χ0n) is 11.0. The zero-order valence-corrected chi connectivity index (χ0v) is 11.0. The van der Waals surface area contributed by atoms with Crippen LogP contribution in [0.4, 0.5) is 0 Å². The molecular weight excluding hydrogens is 198 g/mol. The lowest BCUT2D eigenvalue weighted by Gasteiger charge is -2.02. The first-order valence-electron chi connectivity index (χ1n) is 7.09. The van der Waals surface area contributed by atoms with Crippen LogP contribution in [0, 0.1) is 0 Å². The molecule has 2 nitrogen and oxygen atoms in total. The Morgan fingerprint density at radius 1 is 0.750 bits per heavy atom. The molecule has 0 aromatic heterocycles. The number of hydrogen-bond acceptors (Lipinski definition) is 1. The van der Waals surface area contributed by atoms with Crippen LogP contribution in [0.2, 0.25) is 0 Å². The Morgan fingerprint density at radius 3 is 1.62 bits per heavy atom. The van der Waals surface area contributed by atoms with E-state index < -0.39 is 0 Å². The number of carbonyl (C=O) groups excluding carboxylic acids is 1. The third-order valence-electron chi connectivity index (χ3n) is 3.01. The standard InChI is InChI=1S/C14H29NO/c1-2-3-4-5-6-7-8-9-10-11-12-13-15-14-16/h14H,2-13H2,1H3,(H,15,16). The molecule has 0 saturated heterocycles. The summed E-state index contributed by atoms with van der Waals surface area (Å²) < 4.78 is 0. The monoisotopic (exact) mass is 227 g/mol. The van der Waals surface area contributed by atoms with Crippen LogP contribution in [0.25, 0.3) is 0 Å². The molecule has 0 radical (unpaired) electrons. The van der Waals surface area contributed by atoms with E-state index in [0.29, 0.717) is 0 Å². The molecule has 0 heterocycles. The average molecular weight is 227 g/mol. The Morgan fingerprint density at radius 2 is 1.19 bits per heavy atom. The molecule has 0 aliphatic rings. The van der Waals surface area contributed by atoms with Crippen molar-refractivity contribution in [3.05, 3.63) is 0 Å². The molecule has 2 heteroatoms. The van der Waals surface area contributed by atoms with Gasteiger partial charge >= 0.3 is 0 Å². The lowest BCUT2D eigenvalue weighted by Crippen LogP contribution is -2.11. The topological polar surface area (TPSA) is 29.1 Å². The second-order valence-corrected chi connectivity index (χ2v) is 4.61.